The molecule has 156 valence electrons. The van der Waals surface area contributed by atoms with Gasteiger partial charge in [-0.3, -0.25) is 9.59 Å². The Labute approximate surface area is 181 Å². The Morgan fingerprint density at radius 2 is 1.79 bits per heavy atom. The Morgan fingerprint density at radius 3 is 2.38 bits per heavy atom. The molecule has 2 aromatic rings. The summed E-state index contributed by atoms with van der Waals surface area (Å²) >= 11 is 7.34. The molecule has 1 N–H and O–H groups in total. The summed E-state index contributed by atoms with van der Waals surface area (Å²) in [5.41, 5.74) is 0.936. The van der Waals surface area contributed by atoms with Crippen LogP contribution in [0.1, 0.15) is 25.8 Å². The summed E-state index contributed by atoms with van der Waals surface area (Å²) in [5.74, 6) is 0.743. The minimum atomic E-state index is -0.568. The quantitative estimate of drug-likeness (QED) is 0.563. The lowest BCUT2D eigenvalue weighted by Gasteiger charge is -2.28. The molecule has 2 aromatic carbocycles. The van der Waals surface area contributed by atoms with Gasteiger partial charge < -0.3 is 15.0 Å². The molecule has 0 saturated carbocycles. The van der Waals surface area contributed by atoms with Gasteiger partial charge in [0.25, 0.3) is 0 Å². The number of benzene rings is 2. The molecule has 0 aliphatic heterocycles. The third-order valence-electron chi connectivity index (χ3n) is 4.40. The number of rotatable bonds is 10. The third kappa shape index (κ3) is 7.29. The van der Waals surface area contributed by atoms with Crippen molar-refractivity contribution in [3.63, 3.8) is 0 Å². The van der Waals surface area contributed by atoms with E-state index in [-0.39, 0.29) is 17.6 Å². The predicted octanol–water partition coefficient (Wildman–Crippen LogP) is 4.38. The average molecular weight is 435 g/mol. The zero-order chi connectivity index (χ0) is 21.2. The first-order chi connectivity index (χ1) is 13.9. The normalized spacial score (nSPS) is 11.6. The largest absolute Gasteiger partial charge is 0.497 e. The van der Waals surface area contributed by atoms with Crippen LogP contribution in [0, 0.1) is 0 Å². The SMILES string of the molecule is CCCNC(=O)[C@@H](C)N(Cc1ccc(OC)cc1)C(=O)CSc1ccc(Cl)cc1. The van der Waals surface area contributed by atoms with E-state index >= 15 is 0 Å². The van der Waals surface area contributed by atoms with Gasteiger partial charge in [0.15, 0.2) is 0 Å². The molecule has 0 unspecified atom stereocenters. The van der Waals surface area contributed by atoms with Gasteiger partial charge in [0.2, 0.25) is 11.8 Å². The summed E-state index contributed by atoms with van der Waals surface area (Å²) in [7, 11) is 1.61. The van der Waals surface area contributed by atoms with E-state index in [9.17, 15) is 9.59 Å². The lowest BCUT2D eigenvalue weighted by Crippen LogP contribution is -2.48. The molecule has 2 rings (SSSR count). The van der Waals surface area contributed by atoms with Gasteiger partial charge in [-0.1, -0.05) is 30.7 Å². The fourth-order valence-corrected chi connectivity index (χ4v) is 3.58. The van der Waals surface area contributed by atoms with E-state index in [4.69, 9.17) is 16.3 Å². The van der Waals surface area contributed by atoms with Crippen molar-refractivity contribution in [2.75, 3.05) is 19.4 Å². The standard InChI is InChI=1S/C22H27ClN2O3S/c1-4-13-24-22(27)16(2)25(14-17-5-9-19(28-3)10-6-17)21(26)15-29-20-11-7-18(23)8-12-20/h5-12,16H,4,13-15H2,1-3H3,(H,24,27)/t16-/m1/s1. The van der Waals surface area contributed by atoms with Crippen LogP contribution in [0.25, 0.3) is 0 Å². The van der Waals surface area contributed by atoms with Crippen molar-refractivity contribution < 1.29 is 14.3 Å². The highest BCUT2D eigenvalue weighted by molar-refractivity contribution is 8.00. The predicted molar refractivity (Wildman–Crippen MR) is 118 cm³/mol. The molecule has 0 spiro atoms. The lowest BCUT2D eigenvalue weighted by atomic mass is 10.1. The summed E-state index contributed by atoms with van der Waals surface area (Å²) in [4.78, 5) is 28.1. The number of thioether (sulfide) groups is 1. The summed E-state index contributed by atoms with van der Waals surface area (Å²) in [6, 6.07) is 14.3. The van der Waals surface area contributed by atoms with Crippen molar-refractivity contribution in [3.05, 3.63) is 59.1 Å². The van der Waals surface area contributed by atoms with Gasteiger partial charge in [-0.05, 0) is 55.3 Å². The van der Waals surface area contributed by atoms with Gasteiger partial charge in [0.05, 0.1) is 12.9 Å². The summed E-state index contributed by atoms with van der Waals surface area (Å²) < 4.78 is 5.19. The fraction of sp³-hybridized carbons (Fsp3) is 0.364. The molecule has 5 nitrogen and oxygen atoms in total. The van der Waals surface area contributed by atoms with E-state index in [1.54, 1.807) is 31.1 Å². The topological polar surface area (TPSA) is 58.6 Å². The maximum Gasteiger partial charge on any atom is 0.242 e. The van der Waals surface area contributed by atoms with Crippen LogP contribution in [-0.4, -0.2) is 42.2 Å². The molecule has 0 bridgehead atoms. The molecular weight excluding hydrogens is 408 g/mol. The van der Waals surface area contributed by atoms with Crippen LogP contribution in [0.3, 0.4) is 0 Å². The third-order valence-corrected chi connectivity index (χ3v) is 5.65. The maximum atomic E-state index is 13.0. The lowest BCUT2D eigenvalue weighted by molar-refractivity contribution is -0.138. The first-order valence-corrected chi connectivity index (χ1v) is 10.9. The Balaban J connectivity index is 2.11. The van der Waals surface area contributed by atoms with Gasteiger partial charge in [0, 0.05) is 23.0 Å². The van der Waals surface area contributed by atoms with Crippen LogP contribution in [0.4, 0.5) is 0 Å². The van der Waals surface area contributed by atoms with E-state index in [1.807, 2.05) is 43.3 Å². The number of amides is 2. The Kier molecular flexibility index (Phi) is 9.35. The van der Waals surface area contributed by atoms with E-state index in [2.05, 4.69) is 5.32 Å². The molecular formula is C22H27ClN2O3S. The Bertz CT molecular complexity index is 797. The number of nitrogens with one attached hydrogen (secondary N) is 1. The number of ether oxygens (including phenoxy) is 1. The first kappa shape index (κ1) is 23.1. The first-order valence-electron chi connectivity index (χ1n) is 9.53. The highest BCUT2D eigenvalue weighted by Crippen LogP contribution is 2.22. The molecule has 0 saturated heterocycles. The number of methoxy groups -OCH3 is 1. The van der Waals surface area contributed by atoms with Crippen molar-refractivity contribution in [1.29, 1.82) is 0 Å². The molecule has 0 heterocycles. The number of carbonyl (C=O) groups is 2. The molecule has 0 fully saturated rings. The number of hydrogen-bond acceptors (Lipinski definition) is 4. The van der Waals surface area contributed by atoms with Crippen LogP contribution in [0.2, 0.25) is 5.02 Å². The van der Waals surface area contributed by atoms with E-state index in [1.165, 1.54) is 11.8 Å². The molecule has 0 aliphatic rings. The van der Waals surface area contributed by atoms with Crippen LogP contribution in [0.15, 0.2) is 53.4 Å². The van der Waals surface area contributed by atoms with Gasteiger partial charge in [0.1, 0.15) is 11.8 Å². The molecule has 1 atom stereocenters. The van der Waals surface area contributed by atoms with Crippen molar-refractivity contribution in [2.45, 2.75) is 37.8 Å². The van der Waals surface area contributed by atoms with E-state index < -0.39 is 6.04 Å². The second-order valence-corrected chi connectivity index (χ2v) is 8.06. The van der Waals surface area contributed by atoms with Crippen LogP contribution in [0.5, 0.6) is 5.75 Å². The monoisotopic (exact) mass is 434 g/mol. The fourth-order valence-electron chi connectivity index (χ4n) is 2.66. The summed E-state index contributed by atoms with van der Waals surface area (Å²) in [6.45, 7) is 4.70. The van der Waals surface area contributed by atoms with Gasteiger partial charge >= 0.3 is 0 Å². The van der Waals surface area contributed by atoms with Crippen LogP contribution in [-0.2, 0) is 16.1 Å². The van der Waals surface area contributed by atoms with E-state index in [0.717, 1.165) is 22.6 Å². The highest BCUT2D eigenvalue weighted by atomic mass is 35.5. The summed E-state index contributed by atoms with van der Waals surface area (Å²) in [6.07, 6.45) is 0.845. The smallest absolute Gasteiger partial charge is 0.242 e. The second kappa shape index (κ2) is 11.7. The highest BCUT2D eigenvalue weighted by Gasteiger charge is 2.26. The Morgan fingerprint density at radius 1 is 1.14 bits per heavy atom. The van der Waals surface area contributed by atoms with E-state index in [0.29, 0.717) is 18.1 Å². The molecule has 7 heteroatoms. The maximum absolute atomic E-state index is 13.0. The number of hydrogen-bond donors (Lipinski definition) is 1. The van der Waals surface area contributed by atoms with Crippen molar-refractivity contribution in [2.24, 2.45) is 0 Å². The zero-order valence-corrected chi connectivity index (χ0v) is 18.6. The molecule has 0 radical (unpaired) electrons. The van der Waals surface area contributed by atoms with Crippen molar-refractivity contribution in [3.8, 4) is 5.75 Å². The van der Waals surface area contributed by atoms with Gasteiger partial charge in [-0.2, -0.15) is 0 Å². The van der Waals surface area contributed by atoms with Gasteiger partial charge in [-0.25, -0.2) is 0 Å². The van der Waals surface area contributed by atoms with Crippen molar-refractivity contribution in [1.82, 2.24) is 10.2 Å². The Hall–Kier alpha value is -2.18. The number of halogens is 1. The minimum absolute atomic E-state index is 0.0973. The summed E-state index contributed by atoms with van der Waals surface area (Å²) in [5, 5.41) is 3.53. The van der Waals surface area contributed by atoms with Crippen LogP contribution < -0.4 is 10.1 Å². The number of carbonyl (C=O) groups excluding carboxylic acids is 2. The van der Waals surface area contributed by atoms with Crippen LogP contribution >= 0.6 is 23.4 Å². The molecule has 0 aliphatic carbocycles. The molecule has 0 aromatic heterocycles. The molecule has 29 heavy (non-hydrogen) atoms. The minimum Gasteiger partial charge on any atom is -0.497 e. The number of nitrogens with zero attached hydrogens (tertiary/aromatic N) is 1. The van der Waals surface area contributed by atoms with Crippen molar-refractivity contribution >= 4 is 35.2 Å². The zero-order valence-electron chi connectivity index (χ0n) is 17.0. The van der Waals surface area contributed by atoms with Gasteiger partial charge in [-0.15, -0.1) is 11.8 Å². The molecule has 2 amide bonds. The second-order valence-electron chi connectivity index (χ2n) is 6.58. The average Bonchev–Trinajstić information content (AvgIpc) is 2.75.